The zero-order valence-electron chi connectivity index (χ0n) is 11.6. The van der Waals surface area contributed by atoms with Crippen molar-refractivity contribution in [1.82, 2.24) is 10.2 Å². The summed E-state index contributed by atoms with van der Waals surface area (Å²) < 4.78 is 23.2. The first-order valence-corrected chi connectivity index (χ1v) is 8.94. The van der Waals surface area contributed by atoms with Crippen LogP contribution in [0.1, 0.15) is 33.1 Å². The van der Waals surface area contributed by atoms with Crippen molar-refractivity contribution in [2.45, 2.75) is 39.2 Å². The van der Waals surface area contributed by atoms with Gasteiger partial charge in [0.1, 0.15) is 0 Å². The Morgan fingerprint density at radius 1 is 1.44 bits per heavy atom. The predicted octanol–water partition coefficient (Wildman–Crippen LogP) is 0.885. The van der Waals surface area contributed by atoms with Crippen LogP contribution in [0, 0.1) is 5.41 Å². The van der Waals surface area contributed by atoms with Crippen molar-refractivity contribution in [3.63, 3.8) is 0 Å². The van der Waals surface area contributed by atoms with Crippen LogP contribution < -0.4 is 5.32 Å². The van der Waals surface area contributed by atoms with E-state index in [0.29, 0.717) is 23.5 Å². The van der Waals surface area contributed by atoms with Gasteiger partial charge in [0.15, 0.2) is 9.84 Å². The smallest absolute Gasteiger partial charge is 0.153 e. The van der Waals surface area contributed by atoms with Crippen LogP contribution in [0.4, 0.5) is 0 Å². The average molecular weight is 274 g/mol. The highest BCUT2D eigenvalue weighted by atomic mass is 32.2. The topological polar surface area (TPSA) is 49.4 Å². The van der Waals surface area contributed by atoms with E-state index in [2.05, 4.69) is 24.1 Å². The number of nitrogens with zero attached hydrogens (tertiary/aromatic N) is 1. The van der Waals surface area contributed by atoms with Gasteiger partial charge in [0.05, 0.1) is 11.5 Å². The van der Waals surface area contributed by atoms with Crippen LogP contribution in [0.15, 0.2) is 0 Å². The summed E-state index contributed by atoms with van der Waals surface area (Å²) >= 11 is 0. The van der Waals surface area contributed by atoms with E-state index in [1.165, 1.54) is 19.3 Å². The molecule has 106 valence electrons. The average Bonchev–Trinajstić information content (AvgIpc) is 2.34. The zero-order chi connectivity index (χ0) is 13.2. The van der Waals surface area contributed by atoms with Gasteiger partial charge < -0.3 is 5.32 Å². The molecular weight excluding hydrogens is 248 g/mol. The molecule has 2 aliphatic heterocycles. The predicted molar refractivity (Wildman–Crippen MR) is 74.5 cm³/mol. The maximum absolute atomic E-state index is 11.6. The summed E-state index contributed by atoms with van der Waals surface area (Å²) in [7, 11) is -2.79. The molecule has 0 bridgehead atoms. The Morgan fingerprint density at radius 3 is 2.78 bits per heavy atom. The van der Waals surface area contributed by atoms with Crippen molar-refractivity contribution in [2.75, 3.05) is 37.7 Å². The summed E-state index contributed by atoms with van der Waals surface area (Å²) in [5.41, 5.74) is 0.355. The highest BCUT2D eigenvalue weighted by Gasteiger charge is 2.36. The number of hydrogen-bond acceptors (Lipinski definition) is 4. The Kier molecular flexibility index (Phi) is 4.34. The Hall–Kier alpha value is -0.130. The molecule has 0 saturated carbocycles. The molecule has 5 heteroatoms. The third-order valence-corrected chi connectivity index (χ3v) is 6.45. The lowest BCUT2D eigenvalue weighted by Gasteiger charge is -2.44. The molecule has 0 aromatic heterocycles. The lowest BCUT2D eigenvalue weighted by molar-refractivity contribution is 0.0936. The molecule has 2 atom stereocenters. The highest BCUT2D eigenvalue weighted by Crippen LogP contribution is 2.32. The summed E-state index contributed by atoms with van der Waals surface area (Å²) in [4.78, 5) is 2.39. The standard InChI is InChI=1S/C13H26N2O2S/c1-3-13(5-4-6-14-10-13)11-15-7-8-18(16,17)9-12(15)2/h12,14H,3-11H2,1-2H3. The number of rotatable bonds is 3. The van der Waals surface area contributed by atoms with Crippen molar-refractivity contribution >= 4 is 9.84 Å². The molecule has 18 heavy (non-hydrogen) atoms. The van der Waals surface area contributed by atoms with Crippen molar-refractivity contribution in [2.24, 2.45) is 5.41 Å². The van der Waals surface area contributed by atoms with Crippen LogP contribution in [0.5, 0.6) is 0 Å². The summed E-state index contributed by atoms with van der Waals surface area (Å²) in [6.07, 6.45) is 3.69. The normalized spacial score (nSPS) is 37.6. The van der Waals surface area contributed by atoms with Crippen LogP contribution in [0.25, 0.3) is 0 Å². The number of sulfone groups is 1. The molecule has 1 N–H and O–H groups in total. The fourth-order valence-electron chi connectivity index (χ4n) is 3.28. The van der Waals surface area contributed by atoms with Crippen molar-refractivity contribution < 1.29 is 8.42 Å². The molecular formula is C13H26N2O2S. The van der Waals surface area contributed by atoms with Crippen LogP contribution in [0.2, 0.25) is 0 Å². The first kappa shape index (κ1) is 14.3. The molecule has 0 spiro atoms. The largest absolute Gasteiger partial charge is 0.316 e. The van der Waals surface area contributed by atoms with E-state index in [4.69, 9.17) is 0 Å². The van der Waals surface area contributed by atoms with Gasteiger partial charge in [0.25, 0.3) is 0 Å². The van der Waals surface area contributed by atoms with Gasteiger partial charge in [0.2, 0.25) is 0 Å². The van der Waals surface area contributed by atoms with E-state index >= 15 is 0 Å². The van der Waals surface area contributed by atoms with Gasteiger partial charge in [-0.05, 0) is 38.1 Å². The minimum atomic E-state index is -2.79. The third kappa shape index (κ3) is 3.25. The second-order valence-electron chi connectivity index (χ2n) is 6.07. The Bertz CT molecular complexity index is 374. The molecule has 0 radical (unpaired) electrons. The highest BCUT2D eigenvalue weighted by molar-refractivity contribution is 7.91. The lowest BCUT2D eigenvalue weighted by Crippen LogP contribution is -2.54. The van der Waals surface area contributed by atoms with Gasteiger partial charge in [-0.1, -0.05) is 6.92 Å². The van der Waals surface area contributed by atoms with Crippen LogP contribution >= 0.6 is 0 Å². The van der Waals surface area contributed by atoms with E-state index in [0.717, 1.165) is 19.6 Å². The van der Waals surface area contributed by atoms with Gasteiger partial charge in [0, 0.05) is 25.7 Å². The lowest BCUT2D eigenvalue weighted by atomic mass is 9.77. The maximum Gasteiger partial charge on any atom is 0.153 e. The third-order valence-electron chi connectivity index (χ3n) is 4.66. The minimum absolute atomic E-state index is 0.175. The summed E-state index contributed by atoms with van der Waals surface area (Å²) in [5, 5.41) is 3.50. The van der Waals surface area contributed by atoms with Gasteiger partial charge in [-0.3, -0.25) is 4.90 Å². The first-order chi connectivity index (χ1) is 8.46. The van der Waals surface area contributed by atoms with Crippen LogP contribution in [-0.4, -0.2) is 57.0 Å². The number of hydrogen-bond donors (Lipinski definition) is 1. The summed E-state index contributed by atoms with van der Waals surface area (Å²) in [5.74, 6) is 0.671. The minimum Gasteiger partial charge on any atom is -0.316 e. The maximum atomic E-state index is 11.6. The Labute approximate surface area is 111 Å². The number of nitrogens with one attached hydrogen (secondary N) is 1. The van der Waals surface area contributed by atoms with Crippen molar-refractivity contribution in [3.8, 4) is 0 Å². The first-order valence-electron chi connectivity index (χ1n) is 7.12. The zero-order valence-corrected chi connectivity index (χ0v) is 12.4. The van der Waals surface area contributed by atoms with E-state index < -0.39 is 9.84 Å². The molecule has 2 saturated heterocycles. The fraction of sp³-hybridized carbons (Fsp3) is 1.00. The quantitative estimate of drug-likeness (QED) is 0.830. The molecule has 0 aromatic rings. The second kappa shape index (κ2) is 5.47. The van der Waals surface area contributed by atoms with E-state index in [9.17, 15) is 8.42 Å². The number of piperidine rings is 1. The molecule has 0 aromatic carbocycles. The molecule has 0 aliphatic carbocycles. The molecule has 2 unspecified atom stereocenters. The molecule has 0 amide bonds. The molecule has 2 heterocycles. The van der Waals surface area contributed by atoms with E-state index in [-0.39, 0.29) is 6.04 Å². The Morgan fingerprint density at radius 2 is 2.22 bits per heavy atom. The Balaban J connectivity index is 2.00. The van der Waals surface area contributed by atoms with Gasteiger partial charge in [-0.15, -0.1) is 0 Å². The van der Waals surface area contributed by atoms with Crippen molar-refractivity contribution in [1.29, 1.82) is 0 Å². The molecule has 2 fully saturated rings. The second-order valence-corrected chi connectivity index (χ2v) is 8.30. The fourth-order valence-corrected chi connectivity index (χ4v) is 4.90. The summed E-state index contributed by atoms with van der Waals surface area (Å²) in [6, 6.07) is 0.175. The molecule has 4 nitrogen and oxygen atoms in total. The molecule has 2 rings (SSSR count). The SMILES string of the molecule is CCC1(CN2CCS(=O)(=O)CC2C)CCCNC1. The monoisotopic (exact) mass is 274 g/mol. The van der Waals surface area contributed by atoms with Gasteiger partial charge in [-0.25, -0.2) is 8.42 Å². The van der Waals surface area contributed by atoms with Gasteiger partial charge >= 0.3 is 0 Å². The van der Waals surface area contributed by atoms with Crippen LogP contribution in [-0.2, 0) is 9.84 Å². The van der Waals surface area contributed by atoms with E-state index in [1.807, 2.05) is 0 Å². The van der Waals surface area contributed by atoms with Crippen LogP contribution in [0.3, 0.4) is 0 Å². The molecule has 2 aliphatic rings. The van der Waals surface area contributed by atoms with E-state index in [1.54, 1.807) is 0 Å². The van der Waals surface area contributed by atoms with Gasteiger partial charge in [-0.2, -0.15) is 0 Å². The van der Waals surface area contributed by atoms with Crippen molar-refractivity contribution in [3.05, 3.63) is 0 Å². The summed E-state index contributed by atoms with van der Waals surface area (Å²) in [6.45, 7) is 8.29.